The first-order valence-corrected chi connectivity index (χ1v) is 8.75. The number of hydrogen-bond acceptors (Lipinski definition) is 3. The zero-order valence-electron chi connectivity index (χ0n) is 14.5. The highest BCUT2D eigenvalue weighted by molar-refractivity contribution is 6.30. The summed E-state index contributed by atoms with van der Waals surface area (Å²) in [6, 6.07) is 7.77. The van der Waals surface area contributed by atoms with Crippen LogP contribution in [0.1, 0.15) is 6.92 Å². The third-order valence-electron chi connectivity index (χ3n) is 3.90. The summed E-state index contributed by atoms with van der Waals surface area (Å²) in [6.07, 6.45) is 5.23. The Morgan fingerprint density at radius 2 is 1.92 bits per heavy atom. The number of piperazine rings is 1. The van der Waals surface area contributed by atoms with Gasteiger partial charge in [0, 0.05) is 43.4 Å². The number of carbonyl (C=O) groups is 1. The van der Waals surface area contributed by atoms with Crippen molar-refractivity contribution in [3.63, 3.8) is 0 Å². The van der Waals surface area contributed by atoms with Crippen LogP contribution in [0.3, 0.4) is 0 Å². The van der Waals surface area contributed by atoms with Crippen molar-refractivity contribution in [2.75, 3.05) is 50.7 Å². The summed E-state index contributed by atoms with van der Waals surface area (Å²) in [5, 5.41) is 6.76. The van der Waals surface area contributed by atoms with Gasteiger partial charge in [-0.1, -0.05) is 17.5 Å². The van der Waals surface area contributed by atoms with Crippen molar-refractivity contribution in [3.8, 4) is 12.3 Å². The number of rotatable bonds is 5. The predicted molar refractivity (Wildman–Crippen MR) is 103 cm³/mol. The van der Waals surface area contributed by atoms with Gasteiger partial charge in [-0.25, -0.2) is 4.99 Å². The van der Waals surface area contributed by atoms with Crippen LogP contribution in [0.5, 0.6) is 0 Å². The van der Waals surface area contributed by atoms with Gasteiger partial charge in [0.1, 0.15) is 6.54 Å². The van der Waals surface area contributed by atoms with E-state index in [4.69, 9.17) is 18.0 Å². The van der Waals surface area contributed by atoms with E-state index in [9.17, 15) is 4.79 Å². The van der Waals surface area contributed by atoms with E-state index in [1.807, 2.05) is 36.1 Å². The summed E-state index contributed by atoms with van der Waals surface area (Å²) in [5.74, 6) is 3.08. The molecule has 1 aliphatic heterocycles. The van der Waals surface area contributed by atoms with Crippen LogP contribution in [0.4, 0.5) is 5.69 Å². The second-order valence-electron chi connectivity index (χ2n) is 5.60. The van der Waals surface area contributed by atoms with Crippen LogP contribution in [-0.4, -0.2) is 62.6 Å². The summed E-state index contributed by atoms with van der Waals surface area (Å²) in [4.78, 5) is 20.7. The van der Waals surface area contributed by atoms with Crippen LogP contribution in [-0.2, 0) is 4.79 Å². The number of hydrogen-bond donors (Lipinski definition) is 2. The minimum Gasteiger partial charge on any atom is -0.368 e. The van der Waals surface area contributed by atoms with Crippen molar-refractivity contribution in [2.24, 2.45) is 4.99 Å². The Hall–Kier alpha value is -2.39. The molecule has 0 bridgehead atoms. The summed E-state index contributed by atoms with van der Waals surface area (Å²) in [5.41, 5.74) is 1.13. The zero-order chi connectivity index (χ0) is 18.1. The molecule has 1 fully saturated rings. The summed E-state index contributed by atoms with van der Waals surface area (Å²) in [7, 11) is 0. The SMILES string of the molecule is C#CCNC(=NCC(=O)N1CCN(c2ccc(Cl)cc2)CC1)NCC. The van der Waals surface area contributed by atoms with Crippen molar-refractivity contribution < 1.29 is 4.79 Å². The largest absolute Gasteiger partial charge is 0.368 e. The van der Waals surface area contributed by atoms with Crippen molar-refractivity contribution in [3.05, 3.63) is 29.3 Å². The van der Waals surface area contributed by atoms with Gasteiger partial charge in [0.25, 0.3) is 0 Å². The topological polar surface area (TPSA) is 60.0 Å². The summed E-state index contributed by atoms with van der Waals surface area (Å²) < 4.78 is 0. The average Bonchev–Trinajstić information content (AvgIpc) is 2.64. The quantitative estimate of drug-likeness (QED) is 0.469. The van der Waals surface area contributed by atoms with Gasteiger partial charge >= 0.3 is 0 Å². The molecule has 1 aromatic rings. The van der Waals surface area contributed by atoms with Gasteiger partial charge in [0.05, 0.1) is 6.54 Å². The normalized spacial score (nSPS) is 14.8. The minimum absolute atomic E-state index is 0.0219. The molecule has 0 atom stereocenters. The molecule has 2 N–H and O–H groups in total. The first-order valence-electron chi connectivity index (χ1n) is 8.38. The van der Waals surface area contributed by atoms with Crippen molar-refractivity contribution in [1.29, 1.82) is 0 Å². The number of terminal acetylenes is 1. The van der Waals surface area contributed by atoms with E-state index in [1.165, 1.54) is 0 Å². The number of guanidine groups is 1. The third kappa shape index (κ3) is 5.87. The Balaban J connectivity index is 1.84. The molecule has 1 amide bonds. The van der Waals surface area contributed by atoms with Gasteiger partial charge in [-0.05, 0) is 31.2 Å². The van der Waals surface area contributed by atoms with Gasteiger partial charge < -0.3 is 20.4 Å². The smallest absolute Gasteiger partial charge is 0.244 e. The lowest BCUT2D eigenvalue weighted by Crippen LogP contribution is -2.49. The lowest BCUT2D eigenvalue weighted by Gasteiger charge is -2.36. The molecule has 0 saturated carbocycles. The monoisotopic (exact) mass is 361 g/mol. The molecule has 0 spiro atoms. The Labute approximate surface area is 154 Å². The molecule has 0 aliphatic carbocycles. The second-order valence-corrected chi connectivity index (χ2v) is 6.03. The highest BCUT2D eigenvalue weighted by atomic mass is 35.5. The number of nitrogens with zero attached hydrogens (tertiary/aromatic N) is 3. The van der Waals surface area contributed by atoms with E-state index in [0.29, 0.717) is 32.1 Å². The standard InChI is InChI=1S/C18H24ClN5O/c1-3-9-21-18(20-4-2)22-14-17(25)24-12-10-23(11-13-24)16-7-5-15(19)6-8-16/h1,5-8H,4,9-14H2,2H3,(H2,20,21,22). The maximum absolute atomic E-state index is 12.4. The lowest BCUT2D eigenvalue weighted by atomic mass is 10.2. The highest BCUT2D eigenvalue weighted by Gasteiger charge is 2.21. The lowest BCUT2D eigenvalue weighted by molar-refractivity contribution is -0.129. The third-order valence-corrected chi connectivity index (χ3v) is 4.15. The molecule has 1 aromatic carbocycles. The molecular formula is C18H24ClN5O. The highest BCUT2D eigenvalue weighted by Crippen LogP contribution is 2.19. The number of nitrogens with one attached hydrogen (secondary N) is 2. The fourth-order valence-electron chi connectivity index (χ4n) is 2.59. The average molecular weight is 362 g/mol. The van der Waals surface area contributed by atoms with Crippen molar-refractivity contribution in [2.45, 2.75) is 6.92 Å². The molecule has 1 heterocycles. The van der Waals surface area contributed by atoms with Crippen molar-refractivity contribution in [1.82, 2.24) is 15.5 Å². The first kappa shape index (κ1) is 18.9. The number of amides is 1. The molecule has 0 radical (unpaired) electrons. The molecule has 0 aromatic heterocycles. The molecule has 6 nitrogen and oxygen atoms in total. The Kier molecular flexibility index (Phi) is 7.42. The summed E-state index contributed by atoms with van der Waals surface area (Å²) in [6.45, 7) is 6.13. The number of halogens is 1. The van der Waals surface area contributed by atoms with E-state index in [-0.39, 0.29) is 12.5 Å². The Bertz CT molecular complexity index is 630. The fourth-order valence-corrected chi connectivity index (χ4v) is 2.72. The number of carbonyl (C=O) groups excluding carboxylic acids is 1. The molecule has 134 valence electrons. The van der Waals surface area contributed by atoms with Gasteiger partial charge in [-0.3, -0.25) is 4.79 Å². The van der Waals surface area contributed by atoms with E-state index in [0.717, 1.165) is 23.8 Å². The Morgan fingerprint density at radius 3 is 2.52 bits per heavy atom. The van der Waals surface area contributed by atoms with E-state index < -0.39 is 0 Å². The molecule has 1 aliphatic rings. The second kappa shape index (κ2) is 9.80. The van der Waals surface area contributed by atoms with Gasteiger partial charge in [0.2, 0.25) is 5.91 Å². The molecule has 25 heavy (non-hydrogen) atoms. The molecule has 1 saturated heterocycles. The maximum atomic E-state index is 12.4. The van der Waals surface area contributed by atoms with E-state index in [1.54, 1.807) is 0 Å². The molecule has 0 unspecified atom stereocenters. The number of anilines is 1. The van der Waals surface area contributed by atoms with Crippen LogP contribution < -0.4 is 15.5 Å². The zero-order valence-corrected chi connectivity index (χ0v) is 15.2. The summed E-state index contributed by atoms with van der Waals surface area (Å²) >= 11 is 5.92. The van der Waals surface area contributed by atoms with Gasteiger partial charge in [-0.15, -0.1) is 6.42 Å². The minimum atomic E-state index is 0.0219. The van der Waals surface area contributed by atoms with Gasteiger partial charge in [0.15, 0.2) is 5.96 Å². The van der Waals surface area contributed by atoms with Crippen LogP contribution in [0.15, 0.2) is 29.3 Å². The van der Waals surface area contributed by atoms with Crippen LogP contribution in [0.25, 0.3) is 0 Å². The maximum Gasteiger partial charge on any atom is 0.244 e. The fraction of sp³-hybridized carbons (Fsp3) is 0.444. The number of aliphatic imine (C=N–C) groups is 1. The van der Waals surface area contributed by atoms with Crippen LogP contribution in [0, 0.1) is 12.3 Å². The first-order chi connectivity index (χ1) is 12.1. The predicted octanol–water partition coefficient (Wildman–Crippen LogP) is 1.18. The van der Waals surface area contributed by atoms with E-state index >= 15 is 0 Å². The molecule has 2 rings (SSSR count). The van der Waals surface area contributed by atoms with Crippen LogP contribution in [0.2, 0.25) is 5.02 Å². The van der Waals surface area contributed by atoms with Gasteiger partial charge in [-0.2, -0.15) is 0 Å². The molecule has 7 heteroatoms. The Morgan fingerprint density at radius 1 is 1.24 bits per heavy atom. The van der Waals surface area contributed by atoms with Crippen LogP contribution >= 0.6 is 11.6 Å². The molecular weight excluding hydrogens is 338 g/mol. The van der Waals surface area contributed by atoms with E-state index in [2.05, 4.69) is 26.4 Å². The number of benzene rings is 1. The van der Waals surface area contributed by atoms with Crippen molar-refractivity contribution >= 4 is 29.2 Å².